The van der Waals surface area contributed by atoms with E-state index in [-0.39, 0.29) is 21.3 Å². The number of nitro benzene ring substituents is 1. The fraction of sp³-hybridized carbons (Fsp3) is 0.167. The second-order valence-electron chi connectivity index (χ2n) is 4.25. The van der Waals surface area contributed by atoms with E-state index in [2.05, 4.69) is 0 Å². The number of aromatic nitrogens is 2. The van der Waals surface area contributed by atoms with Gasteiger partial charge in [-0.15, -0.1) is 0 Å². The average molecular weight is 308 g/mol. The number of nitrogen functional groups attached to an aromatic ring is 1. The van der Waals surface area contributed by atoms with Gasteiger partial charge < -0.3 is 5.73 Å². The Morgan fingerprint density at radius 3 is 2.43 bits per heavy atom. The van der Waals surface area contributed by atoms with E-state index < -0.39 is 16.2 Å². The van der Waals surface area contributed by atoms with Gasteiger partial charge in [-0.1, -0.05) is 23.9 Å². The number of para-hydroxylation sites is 1. The van der Waals surface area contributed by atoms with E-state index in [1.165, 1.54) is 32.3 Å². The fourth-order valence-corrected chi connectivity index (χ4v) is 2.81. The highest BCUT2D eigenvalue weighted by Crippen LogP contribution is 2.34. The quantitative estimate of drug-likeness (QED) is 0.660. The molecule has 21 heavy (non-hydrogen) atoms. The summed E-state index contributed by atoms with van der Waals surface area (Å²) in [6, 6.07) is 6.01. The van der Waals surface area contributed by atoms with Crippen molar-refractivity contribution < 1.29 is 4.92 Å². The molecule has 0 unspecified atom stereocenters. The van der Waals surface area contributed by atoms with Crippen molar-refractivity contribution in [2.75, 3.05) is 5.73 Å². The number of benzene rings is 1. The molecule has 110 valence electrons. The lowest BCUT2D eigenvalue weighted by atomic mass is 10.3. The third kappa shape index (κ3) is 2.55. The van der Waals surface area contributed by atoms with Crippen molar-refractivity contribution in [1.29, 1.82) is 0 Å². The van der Waals surface area contributed by atoms with Gasteiger partial charge in [0.15, 0.2) is 0 Å². The van der Waals surface area contributed by atoms with Crippen LogP contribution in [0.3, 0.4) is 0 Å². The zero-order valence-electron chi connectivity index (χ0n) is 11.3. The second-order valence-corrected chi connectivity index (χ2v) is 5.30. The van der Waals surface area contributed by atoms with Gasteiger partial charge in [-0.05, 0) is 6.07 Å². The van der Waals surface area contributed by atoms with Crippen LogP contribution in [-0.2, 0) is 14.1 Å². The number of rotatable bonds is 3. The van der Waals surface area contributed by atoms with Crippen LogP contribution >= 0.6 is 11.8 Å². The molecule has 2 rings (SSSR count). The molecule has 0 aliphatic heterocycles. The molecular weight excluding hydrogens is 296 g/mol. The molecule has 9 heteroatoms. The molecule has 0 saturated carbocycles. The summed E-state index contributed by atoms with van der Waals surface area (Å²) in [6.45, 7) is 0. The maximum Gasteiger partial charge on any atom is 0.332 e. The van der Waals surface area contributed by atoms with E-state index in [0.717, 1.165) is 20.9 Å². The molecule has 0 fully saturated rings. The van der Waals surface area contributed by atoms with E-state index in [1.54, 1.807) is 6.07 Å². The lowest BCUT2D eigenvalue weighted by Crippen LogP contribution is -2.39. The standard InChI is InChI=1S/C12H12N4O4S/c1-14-10(13)9(11(17)15(2)12(14)18)21-8-6-4-3-5-7(8)16(19)20/h3-6H,13H2,1-2H3. The summed E-state index contributed by atoms with van der Waals surface area (Å²) >= 11 is 0.873. The van der Waals surface area contributed by atoms with Crippen molar-refractivity contribution >= 4 is 23.3 Å². The molecule has 2 aromatic rings. The van der Waals surface area contributed by atoms with Crippen molar-refractivity contribution in [2.45, 2.75) is 9.79 Å². The lowest BCUT2D eigenvalue weighted by molar-refractivity contribution is -0.387. The Hall–Kier alpha value is -2.55. The first-order valence-corrected chi connectivity index (χ1v) is 6.63. The number of hydrogen-bond acceptors (Lipinski definition) is 6. The Labute approximate surface area is 123 Å². The minimum absolute atomic E-state index is 0.0220. The second kappa shape index (κ2) is 5.44. The molecular formula is C12H12N4O4S. The van der Waals surface area contributed by atoms with Crippen LogP contribution in [0.15, 0.2) is 43.6 Å². The summed E-state index contributed by atoms with van der Waals surface area (Å²) in [6.07, 6.45) is 0. The van der Waals surface area contributed by atoms with Gasteiger partial charge in [0.25, 0.3) is 11.2 Å². The molecule has 1 heterocycles. The van der Waals surface area contributed by atoms with Crippen molar-refractivity contribution in [1.82, 2.24) is 9.13 Å². The van der Waals surface area contributed by atoms with Gasteiger partial charge in [0.1, 0.15) is 10.7 Å². The molecule has 0 radical (unpaired) electrons. The van der Waals surface area contributed by atoms with Crippen molar-refractivity contribution in [3.05, 3.63) is 55.2 Å². The first-order valence-electron chi connectivity index (χ1n) is 5.81. The molecule has 0 atom stereocenters. The molecule has 8 nitrogen and oxygen atoms in total. The monoisotopic (exact) mass is 308 g/mol. The summed E-state index contributed by atoms with van der Waals surface area (Å²) in [4.78, 5) is 34.7. The molecule has 0 aliphatic carbocycles. The minimum atomic E-state index is -0.584. The van der Waals surface area contributed by atoms with Gasteiger partial charge in [0.2, 0.25) is 0 Å². The summed E-state index contributed by atoms with van der Waals surface area (Å²) in [5, 5.41) is 11.0. The van der Waals surface area contributed by atoms with Crippen LogP contribution in [0.25, 0.3) is 0 Å². The van der Waals surface area contributed by atoms with Gasteiger partial charge in [-0.3, -0.25) is 24.0 Å². The summed E-state index contributed by atoms with van der Waals surface area (Å²) in [5.74, 6) is -0.0220. The predicted octanol–water partition coefficient (Wildman–Crippen LogP) is 0.726. The normalized spacial score (nSPS) is 10.6. The van der Waals surface area contributed by atoms with Gasteiger partial charge in [0, 0.05) is 20.2 Å². The number of nitrogens with zero attached hydrogens (tertiary/aromatic N) is 3. The van der Waals surface area contributed by atoms with Crippen LogP contribution in [0, 0.1) is 10.1 Å². The third-order valence-electron chi connectivity index (χ3n) is 2.94. The van der Waals surface area contributed by atoms with Gasteiger partial charge in [-0.25, -0.2) is 4.79 Å². The Morgan fingerprint density at radius 1 is 1.19 bits per heavy atom. The lowest BCUT2D eigenvalue weighted by Gasteiger charge is -2.11. The Balaban J connectivity index is 2.64. The van der Waals surface area contributed by atoms with E-state index in [1.807, 2.05) is 0 Å². The van der Waals surface area contributed by atoms with Gasteiger partial charge in [0.05, 0.1) is 9.82 Å². The molecule has 0 bridgehead atoms. The number of nitro groups is 1. The topological polar surface area (TPSA) is 113 Å². The molecule has 0 saturated heterocycles. The van der Waals surface area contributed by atoms with Crippen LogP contribution in [0.1, 0.15) is 0 Å². The van der Waals surface area contributed by atoms with E-state index in [0.29, 0.717) is 0 Å². The van der Waals surface area contributed by atoms with Crippen molar-refractivity contribution in [3.8, 4) is 0 Å². The molecule has 0 spiro atoms. The minimum Gasteiger partial charge on any atom is -0.384 e. The van der Waals surface area contributed by atoms with Crippen LogP contribution < -0.4 is 17.0 Å². The highest BCUT2D eigenvalue weighted by atomic mass is 32.2. The first kappa shape index (κ1) is 14.9. The zero-order chi connectivity index (χ0) is 15.7. The summed E-state index contributed by atoms with van der Waals surface area (Å²) in [7, 11) is 2.76. The van der Waals surface area contributed by atoms with Crippen molar-refractivity contribution in [3.63, 3.8) is 0 Å². The molecule has 0 amide bonds. The first-order chi connectivity index (χ1) is 9.84. The molecule has 1 aromatic heterocycles. The smallest absolute Gasteiger partial charge is 0.332 e. The average Bonchev–Trinajstić information content (AvgIpc) is 2.48. The Kier molecular flexibility index (Phi) is 3.85. The van der Waals surface area contributed by atoms with Crippen LogP contribution in [-0.4, -0.2) is 14.1 Å². The van der Waals surface area contributed by atoms with E-state index in [4.69, 9.17) is 5.73 Å². The van der Waals surface area contributed by atoms with Crippen molar-refractivity contribution in [2.24, 2.45) is 14.1 Å². The molecule has 0 aliphatic rings. The Bertz CT molecular complexity index is 840. The maximum atomic E-state index is 12.1. The molecule has 2 N–H and O–H groups in total. The summed E-state index contributed by atoms with van der Waals surface area (Å²) in [5.41, 5.74) is 4.52. The number of nitrogens with two attached hydrogens (primary N) is 1. The Morgan fingerprint density at radius 2 is 1.81 bits per heavy atom. The maximum absolute atomic E-state index is 12.1. The highest BCUT2D eigenvalue weighted by molar-refractivity contribution is 7.99. The van der Waals surface area contributed by atoms with E-state index in [9.17, 15) is 19.7 Å². The van der Waals surface area contributed by atoms with Gasteiger partial charge in [-0.2, -0.15) is 0 Å². The van der Waals surface area contributed by atoms with Gasteiger partial charge >= 0.3 is 5.69 Å². The number of hydrogen-bond donors (Lipinski definition) is 1. The fourth-order valence-electron chi connectivity index (χ4n) is 1.73. The summed E-state index contributed by atoms with van der Waals surface area (Å²) < 4.78 is 2.03. The third-order valence-corrected chi connectivity index (χ3v) is 4.09. The molecule has 1 aromatic carbocycles. The number of anilines is 1. The zero-order valence-corrected chi connectivity index (χ0v) is 12.1. The highest BCUT2D eigenvalue weighted by Gasteiger charge is 2.19. The van der Waals surface area contributed by atoms with E-state index >= 15 is 0 Å². The largest absolute Gasteiger partial charge is 0.384 e. The van der Waals surface area contributed by atoms with Crippen LogP contribution in [0.2, 0.25) is 0 Å². The predicted molar refractivity (Wildman–Crippen MR) is 78.6 cm³/mol. The van der Waals surface area contributed by atoms with Crippen LogP contribution in [0.5, 0.6) is 0 Å². The van der Waals surface area contributed by atoms with Crippen LogP contribution in [0.4, 0.5) is 11.5 Å². The SMILES string of the molecule is Cn1c(N)c(Sc2ccccc2[N+](=O)[O-])c(=O)n(C)c1=O.